The minimum atomic E-state index is -3.30. The van der Waals surface area contributed by atoms with Gasteiger partial charge in [0.25, 0.3) is 5.69 Å². The lowest BCUT2D eigenvalue weighted by atomic mass is 10.1. The Morgan fingerprint density at radius 1 is 0.929 bits per heavy atom. The van der Waals surface area contributed by atoms with Crippen LogP contribution in [0.5, 0.6) is 0 Å². The van der Waals surface area contributed by atoms with Gasteiger partial charge in [0.05, 0.1) is 10.6 Å². The Morgan fingerprint density at radius 2 is 1.46 bits per heavy atom. The molecule has 3 rings (SSSR count). The zero-order chi connectivity index (χ0) is 20.1. The number of Topliss-reactive ketones (excluding diaryl/α,β-unsaturated/α-hetero) is 1. The van der Waals surface area contributed by atoms with Crippen LogP contribution in [0.2, 0.25) is 0 Å². The number of ketones is 1. The van der Waals surface area contributed by atoms with E-state index in [1.54, 1.807) is 36.4 Å². The molecule has 0 saturated heterocycles. The molecule has 0 amide bonds. The minimum Gasteiger partial charge on any atom is -0.313 e. The third-order valence-corrected chi connectivity index (χ3v) is 8.15. The van der Waals surface area contributed by atoms with Gasteiger partial charge in [-0.1, -0.05) is 72.8 Å². The van der Waals surface area contributed by atoms with Crippen LogP contribution in [-0.2, 0) is 9.36 Å². The Kier molecular flexibility index (Phi) is 5.86. The van der Waals surface area contributed by atoms with Crippen LogP contribution in [-0.4, -0.2) is 10.7 Å². The van der Waals surface area contributed by atoms with Gasteiger partial charge in [0.2, 0.25) is 0 Å². The number of nitro groups is 1. The van der Waals surface area contributed by atoms with E-state index in [-0.39, 0.29) is 17.9 Å². The van der Waals surface area contributed by atoms with Crippen LogP contribution in [0.25, 0.3) is 0 Å². The Hall–Kier alpha value is -3.04. The largest absolute Gasteiger partial charge is 0.313 e. The summed E-state index contributed by atoms with van der Waals surface area (Å²) in [5.74, 6) is -0.122. The summed E-state index contributed by atoms with van der Waals surface area (Å²) in [6.45, 7) is 1.45. The van der Waals surface area contributed by atoms with E-state index in [9.17, 15) is 19.5 Å². The van der Waals surface area contributed by atoms with Gasteiger partial charge < -0.3 is 4.57 Å². The maximum Gasteiger partial charge on any atom is 0.269 e. The van der Waals surface area contributed by atoms with Gasteiger partial charge in [-0.25, -0.2) is 0 Å². The summed E-state index contributed by atoms with van der Waals surface area (Å²) in [5.41, 5.74) is -0.242. The molecule has 1 atom stereocenters. The molecule has 0 spiro atoms. The molecule has 0 aromatic heterocycles. The maximum atomic E-state index is 14.6. The lowest BCUT2D eigenvalue weighted by Gasteiger charge is -2.28. The first-order valence-corrected chi connectivity index (χ1v) is 10.7. The standard InChI is InChI=1S/C22H20NO4P/c1-17(24)15-22(18-9-8-10-19(16-18)23(25)26)28(27,20-11-4-2-5-12-20)21-13-6-3-7-14-21/h2-14,16,22H,15H2,1H3. The van der Waals surface area contributed by atoms with Crippen molar-refractivity contribution < 1.29 is 14.3 Å². The van der Waals surface area contributed by atoms with Gasteiger partial charge in [0, 0.05) is 29.2 Å². The highest BCUT2D eigenvalue weighted by molar-refractivity contribution is 7.79. The first kappa shape index (κ1) is 19.7. The average molecular weight is 393 g/mol. The molecule has 28 heavy (non-hydrogen) atoms. The second-order valence-electron chi connectivity index (χ2n) is 6.60. The third kappa shape index (κ3) is 3.95. The molecule has 0 heterocycles. The second-order valence-corrected chi connectivity index (χ2v) is 9.58. The monoisotopic (exact) mass is 393 g/mol. The summed E-state index contributed by atoms with van der Waals surface area (Å²) >= 11 is 0. The second kappa shape index (κ2) is 8.32. The van der Waals surface area contributed by atoms with Crippen LogP contribution < -0.4 is 10.6 Å². The summed E-state index contributed by atoms with van der Waals surface area (Å²) in [4.78, 5) is 22.9. The molecular formula is C22H20NO4P. The average Bonchev–Trinajstić information content (AvgIpc) is 2.72. The summed E-state index contributed by atoms with van der Waals surface area (Å²) < 4.78 is 14.6. The Labute approximate surface area is 163 Å². The molecule has 142 valence electrons. The summed E-state index contributed by atoms with van der Waals surface area (Å²) in [7, 11) is -3.30. The number of nitrogens with zero attached hydrogens (tertiary/aromatic N) is 1. The van der Waals surface area contributed by atoms with Crippen LogP contribution in [0.3, 0.4) is 0 Å². The van der Waals surface area contributed by atoms with Crippen LogP contribution >= 0.6 is 7.14 Å². The van der Waals surface area contributed by atoms with Gasteiger partial charge in [-0.2, -0.15) is 0 Å². The fraction of sp³-hybridized carbons (Fsp3) is 0.136. The van der Waals surface area contributed by atoms with Gasteiger partial charge in [-0.05, 0) is 12.5 Å². The van der Waals surface area contributed by atoms with Gasteiger partial charge >= 0.3 is 0 Å². The van der Waals surface area contributed by atoms with Crippen molar-refractivity contribution in [3.63, 3.8) is 0 Å². The quantitative estimate of drug-likeness (QED) is 0.333. The summed E-state index contributed by atoms with van der Waals surface area (Å²) in [6.07, 6.45) is 0.0300. The van der Waals surface area contributed by atoms with Crippen molar-refractivity contribution in [2.45, 2.75) is 19.0 Å². The number of benzene rings is 3. The van der Waals surface area contributed by atoms with E-state index in [2.05, 4.69) is 0 Å². The van der Waals surface area contributed by atoms with Crippen molar-refractivity contribution in [1.82, 2.24) is 0 Å². The predicted octanol–water partition coefficient (Wildman–Crippen LogP) is 4.63. The van der Waals surface area contributed by atoms with E-state index in [4.69, 9.17) is 0 Å². The van der Waals surface area contributed by atoms with Gasteiger partial charge in [-0.15, -0.1) is 0 Å². The molecule has 0 aliphatic rings. The van der Waals surface area contributed by atoms with E-state index in [0.29, 0.717) is 16.2 Å². The van der Waals surface area contributed by atoms with E-state index in [1.807, 2.05) is 36.4 Å². The van der Waals surface area contributed by atoms with Crippen molar-refractivity contribution in [1.29, 1.82) is 0 Å². The van der Waals surface area contributed by atoms with Gasteiger partial charge in [0.1, 0.15) is 5.78 Å². The highest BCUT2D eigenvalue weighted by Gasteiger charge is 2.38. The van der Waals surface area contributed by atoms with E-state index < -0.39 is 17.7 Å². The fourth-order valence-electron chi connectivity index (χ4n) is 3.38. The Morgan fingerprint density at radius 3 is 1.93 bits per heavy atom. The molecule has 5 nitrogen and oxygen atoms in total. The molecule has 0 saturated carbocycles. The van der Waals surface area contributed by atoms with Crippen LogP contribution in [0, 0.1) is 10.1 Å². The van der Waals surface area contributed by atoms with E-state index in [0.717, 1.165) is 0 Å². The highest BCUT2D eigenvalue weighted by atomic mass is 31.2. The molecule has 0 radical (unpaired) electrons. The zero-order valence-corrected chi connectivity index (χ0v) is 16.3. The topological polar surface area (TPSA) is 77.3 Å². The summed E-state index contributed by atoms with van der Waals surface area (Å²) in [6, 6.07) is 24.2. The molecule has 3 aromatic rings. The fourth-order valence-corrected chi connectivity index (χ4v) is 6.72. The SMILES string of the molecule is CC(=O)CC(c1cccc([N+](=O)[O-])c1)P(=O)(c1ccccc1)c1ccccc1. The van der Waals surface area contributed by atoms with Crippen molar-refractivity contribution in [2.75, 3.05) is 0 Å². The number of nitro benzene ring substituents is 1. The van der Waals surface area contributed by atoms with Crippen molar-refractivity contribution >= 4 is 29.2 Å². The Bertz CT molecular complexity index is 991. The molecule has 0 bridgehead atoms. The predicted molar refractivity (Wildman–Crippen MR) is 111 cm³/mol. The van der Waals surface area contributed by atoms with Crippen LogP contribution in [0.4, 0.5) is 5.69 Å². The number of non-ortho nitro benzene ring substituents is 1. The first-order chi connectivity index (χ1) is 13.4. The van der Waals surface area contributed by atoms with Crippen molar-refractivity contribution in [3.8, 4) is 0 Å². The lowest BCUT2D eigenvalue weighted by molar-refractivity contribution is -0.384. The number of rotatable bonds is 7. The molecular weight excluding hydrogens is 373 g/mol. The van der Waals surface area contributed by atoms with Crippen molar-refractivity contribution in [3.05, 3.63) is 101 Å². The molecule has 3 aromatic carbocycles. The molecule has 0 aliphatic carbocycles. The Balaban J connectivity index is 2.27. The minimum absolute atomic E-state index is 0.0300. The zero-order valence-electron chi connectivity index (χ0n) is 15.4. The van der Waals surface area contributed by atoms with Crippen LogP contribution in [0.15, 0.2) is 84.9 Å². The number of carbonyl (C=O) groups is 1. The molecule has 1 unspecified atom stereocenters. The normalized spacial score (nSPS) is 12.3. The third-order valence-electron chi connectivity index (χ3n) is 4.67. The van der Waals surface area contributed by atoms with E-state index in [1.165, 1.54) is 19.1 Å². The summed E-state index contributed by atoms with van der Waals surface area (Å²) in [5, 5.41) is 12.5. The first-order valence-electron chi connectivity index (χ1n) is 8.87. The number of hydrogen-bond donors (Lipinski definition) is 0. The van der Waals surface area contributed by atoms with Crippen LogP contribution in [0.1, 0.15) is 24.6 Å². The van der Waals surface area contributed by atoms with Gasteiger partial charge in [0.15, 0.2) is 7.14 Å². The molecule has 0 aliphatic heterocycles. The smallest absolute Gasteiger partial charge is 0.269 e. The molecule has 0 N–H and O–H groups in total. The number of hydrogen-bond acceptors (Lipinski definition) is 4. The molecule has 6 heteroatoms. The lowest BCUT2D eigenvalue weighted by Crippen LogP contribution is -2.22. The number of carbonyl (C=O) groups excluding carboxylic acids is 1. The molecule has 0 fully saturated rings. The maximum absolute atomic E-state index is 14.6. The van der Waals surface area contributed by atoms with Gasteiger partial charge in [-0.3, -0.25) is 14.9 Å². The highest BCUT2D eigenvalue weighted by Crippen LogP contribution is 2.59. The van der Waals surface area contributed by atoms with E-state index >= 15 is 0 Å². The van der Waals surface area contributed by atoms with Crippen molar-refractivity contribution in [2.24, 2.45) is 0 Å².